The Labute approximate surface area is 241 Å². The average molecular weight is 580 g/mol. The summed E-state index contributed by atoms with van der Waals surface area (Å²) < 4.78 is 23.0. The molecule has 2 aromatic carbocycles. The largest absolute Gasteiger partial charge is 0.388 e. The van der Waals surface area contributed by atoms with Crippen LogP contribution in [0.5, 0.6) is 0 Å². The van der Waals surface area contributed by atoms with Crippen LogP contribution in [0.25, 0.3) is 16.7 Å². The molecular weight excluding hydrogens is 549 g/mol. The maximum Gasteiger partial charge on any atom is 0.262 e. The van der Waals surface area contributed by atoms with Crippen molar-refractivity contribution in [2.24, 2.45) is 0 Å². The molecule has 2 aliphatic heterocycles. The van der Waals surface area contributed by atoms with Crippen molar-refractivity contribution in [2.75, 3.05) is 26.2 Å². The summed E-state index contributed by atoms with van der Waals surface area (Å²) in [5.74, 6) is -0.983. The molecule has 2 fully saturated rings. The highest BCUT2D eigenvalue weighted by Crippen LogP contribution is 2.28. The minimum Gasteiger partial charge on any atom is -0.388 e. The van der Waals surface area contributed by atoms with E-state index < -0.39 is 17.3 Å². The number of likely N-dealkylation sites (tertiary alicyclic amines) is 1. The van der Waals surface area contributed by atoms with Crippen molar-refractivity contribution in [3.8, 4) is 5.69 Å². The topological polar surface area (TPSA) is 102 Å². The predicted octanol–water partition coefficient (Wildman–Crippen LogP) is 3.70. The van der Waals surface area contributed by atoms with Gasteiger partial charge in [-0.05, 0) is 55.7 Å². The molecule has 0 radical (unpaired) electrons. The van der Waals surface area contributed by atoms with E-state index in [0.717, 1.165) is 17.8 Å². The van der Waals surface area contributed by atoms with Crippen LogP contribution in [0.1, 0.15) is 41.7 Å². The molecule has 0 bridgehead atoms. The van der Waals surface area contributed by atoms with E-state index in [1.165, 1.54) is 34.0 Å². The number of aliphatic hydroxyl groups is 1. The molecule has 214 valence electrons. The van der Waals surface area contributed by atoms with Crippen LogP contribution in [0.4, 0.5) is 4.39 Å². The van der Waals surface area contributed by atoms with Crippen LogP contribution >= 0.6 is 11.6 Å². The van der Waals surface area contributed by atoms with Crippen LogP contribution in [0.2, 0.25) is 5.15 Å². The number of nitrogens with zero attached hydrogens (tertiary/aromatic N) is 4. The number of halogens is 2. The van der Waals surface area contributed by atoms with Crippen molar-refractivity contribution in [1.82, 2.24) is 24.3 Å². The summed E-state index contributed by atoms with van der Waals surface area (Å²) in [6.07, 6.45) is 2.09. The Morgan fingerprint density at radius 1 is 1.20 bits per heavy atom. The molecule has 2 saturated heterocycles. The van der Waals surface area contributed by atoms with Gasteiger partial charge in [-0.15, -0.1) is 0 Å². The van der Waals surface area contributed by atoms with Crippen LogP contribution in [0.3, 0.4) is 0 Å². The Bertz CT molecular complexity index is 1640. The van der Waals surface area contributed by atoms with Crippen molar-refractivity contribution >= 4 is 28.5 Å². The number of benzene rings is 2. The van der Waals surface area contributed by atoms with Gasteiger partial charge in [0.25, 0.3) is 11.5 Å². The van der Waals surface area contributed by atoms with Gasteiger partial charge in [-0.2, -0.15) is 0 Å². The molecule has 4 heterocycles. The van der Waals surface area contributed by atoms with Crippen LogP contribution in [-0.4, -0.2) is 68.0 Å². The van der Waals surface area contributed by atoms with E-state index in [1.807, 2.05) is 31.2 Å². The lowest BCUT2D eigenvalue weighted by atomic mass is 9.91. The highest BCUT2D eigenvalue weighted by molar-refractivity contribution is 6.31. The van der Waals surface area contributed by atoms with Crippen molar-refractivity contribution < 1.29 is 19.0 Å². The molecule has 6 rings (SSSR count). The third-order valence-electron chi connectivity index (χ3n) is 8.04. The third-order valence-corrected chi connectivity index (χ3v) is 8.32. The van der Waals surface area contributed by atoms with Gasteiger partial charge in [-0.3, -0.25) is 18.7 Å². The Hall–Kier alpha value is -3.57. The summed E-state index contributed by atoms with van der Waals surface area (Å²) >= 11 is 6.59. The molecule has 0 aliphatic carbocycles. The fraction of sp³-hybridized carbons (Fsp3) is 0.367. The lowest BCUT2D eigenvalue weighted by molar-refractivity contribution is -0.0300. The normalized spacial score (nSPS) is 20.8. The van der Waals surface area contributed by atoms with Crippen LogP contribution in [0, 0.1) is 5.82 Å². The van der Waals surface area contributed by atoms with E-state index in [2.05, 4.69) is 10.3 Å². The SMILES string of the molecule is C[C@H]1CN[C@H](c2ccc(-n3c(Cl)cc4c(=O)n(CC5(O)CCN(C(=O)c6ccccc6F)CC5)cnc43)cc2)CO1. The zero-order valence-electron chi connectivity index (χ0n) is 22.6. The second-order valence-electron chi connectivity index (χ2n) is 10.9. The standard InChI is InChI=1S/C30H31ClFN5O4/c1-19-15-33-25(16-41-19)20-6-8-21(9-7-20)37-26(31)14-23-27(37)34-18-36(29(23)39)17-30(40)10-12-35(13-11-30)28(38)22-4-2-3-5-24(22)32/h2-9,14,18-19,25,33,40H,10-13,15-17H2,1H3/t19-,25-/m0/s1. The van der Waals surface area contributed by atoms with Crippen LogP contribution in [0.15, 0.2) is 65.7 Å². The predicted molar refractivity (Wildman–Crippen MR) is 153 cm³/mol. The van der Waals surface area contributed by atoms with Crippen molar-refractivity contribution in [3.63, 3.8) is 0 Å². The van der Waals surface area contributed by atoms with Crippen molar-refractivity contribution in [1.29, 1.82) is 0 Å². The first-order chi connectivity index (χ1) is 19.7. The summed E-state index contributed by atoms with van der Waals surface area (Å²) in [5, 5.41) is 15.5. The van der Waals surface area contributed by atoms with Gasteiger partial charge in [0.1, 0.15) is 17.3 Å². The number of hydrogen-bond acceptors (Lipinski definition) is 6. The molecule has 0 spiro atoms. The van der Waals surface area contributed by atoms with Gasteiger partial charge in [0.15, 0.2) is 5.65 Å². The van der Waals surface area contributed by atoms with Crippen LogP contribution in [-0.2, 0) is 11.3 Å². The van der Waals surface area contributed by atoms with E-state index in [1.54, 1.807) is 16.7 Å². The fourth-order valence-corrected chi connectivity index (χ4v) is 5.89. The number of rotatable bonds is 5. The number of carbonyl (C=O) groups excluding carboxylic acids is 1. The molecule has 1 amide bonds. The molecule has 2 atom stereocenters. The lowest BCUT2D eigenvalue weighted by Crippen LogP contribution is -2.49. The number of carbonyl (C=O) groups is 1. The molecule has 2 aromatic heterocycles. The quantitative estimate of drug-likeness (QED) is 0.374. The highest BCUT2D eigenvalue weighted by Gasteiger charge is 2.35. The molecule has 0 unspecified atom stereocenters. The van der Waals surface area contributed by atoms with Gasteiger partial charge in [-0.1, -0.05) is 35.9 Å². The molecular formula is C30H31ClFN5O4. The number of morpholine rings is 1. The van der Waals surface area contributed by atoms with Crippen molar-refractivity contribution in [3.05, 3.63) is 93.4 Å². The molecule has 4 aromatic rings. The minimum atomic E-state index is -1.22. The maximum atomic E-state index is 14.1. The molecule has 41 heavy (non-hydrogen) atoms. The van der Waals surface area contributed by atoms with E-state index in [9.17, 15) is 19.1 Å². The lowest BCUT2D eigenvalue weighted by Gasteiger charge is -2.38. The molecule has 0 saturated carbocycles. The van der Waals surface area contributed by atoms with Crippen molar-refractivity contribution in [2.45, 2.75) is 44.1 Å². The first kappa shape index (κ1) is 27.6. The van der Waals surface area contributed by atoms with Crippen LogP contribution < -0.4 is 10.9 Å². The highest BCUT2D eigenvalue weighted by atomic mass is 35.5. The van der Waals surface area contributed by atoms with E-state index in [0.29, 0.717) is 22.8 Å². The zero-order valence-corrected chi connectivity index (χ0v) is 23.4. The Morgan fingerprint density at radius 3 is 2.61 bits per heavy atom. The number of nitrogens with one attached hydrogen (secondary N) is 1. The summed E-state index contributed by atoms with van der Waals surface area (Å²) in [7, 11) is 0. The summed E-state index contributed by atoms with van der Waals surface area (Å²) in [5.41, 5.74) is 0.765. The Kier molecular flexibility index (Phi) is 7.41. The second-order valence-corrected chi connectivity index (χ2v) is 11.3. The monoisotopic (exact) mass is 579 g/mol. The molecule has 9 nitrogen and oxygen atoms in total. The fourth-order valence-electron chi connectivity index (χ4n) is 5.61. The molecule has 11 heteroatoms. The number of fused-ring (bicyclic) bond motifs is 1. The maximum absolute atomic E-state index is 14.1. The average Bonchev–Trinajstić information content (AvgIpc) is 3.32. The van der Waals surface area contributed by atoms with Gasteiger partial charge in [-0.25, -0.2) is 9.37 Å². The first-order valence-corrected chi connectivity index (χ1v) is 14.1. The summed E-state index contributed by atoms with van der Waals surface area (Å²) in [4.78, 5) is 32.3. The summed E-state index contributed by atoms with van der Waals surface area (Å²) in [6.45, 7) is 3.93. The minimum absolute atomic E-state index is 0.00847. The number of ether oxygens (including phenoxy) is 1. The summed E-state index contributed by atoms with van der Waals surface area (Å²) in [6, 6.07) is 15.4. The Morgan fingerprint density at radius 2 is 1.93 bits per heavy atom. The van der Waals surface area contributed by atoms with Gasteiger partial charge in [0, 0.05) is 25.3 Å². The second kappa shape index (κ2) is 11.0. The first-order valence-electron chi connectivity index (χ1n) is 13.7. The number of amides is 1. The van der Waals surface area contributed by atoms with E-state index in [4.69, 9.17) is 16.3 Å². The van der Waals surface area contributed by atoms with Gasteiger partial charge in [0.05, 0.1) is 41.8 Å². The molecule has 2 aliphatic rings. The van der Waals surface area contributed by atoms with Gasteiger partial charge in [0.2, 0.25) is 0 Å². The zero-order chi connectivity index (χ0) is 28.7. The van der Waals surface area contributed by atoms with E-state index in [-0.39, 0.29) is 55.7 Å². The van der Waals surface area contributed by atoms with Gasteiger partial charge < -0.3 is 20.1 Å². The Balaban J connectivity index is 1.18. The molecule has 2 N–H and O–H groups in total. The third kappa shape index (κ3) is 5.40. The van der Waals surface area contributed by atoms with Gasteiger partial charge >= 0.3 is 0 Å². The number of hydrogen-bond donors (Lipinski definition) is 2. The number of piperidine rings is 1. The van der Waals surface area contributed by atoms with E-state index >= 15 is 0 Å². The smallest absolute Gasteiger partial charge is 0.262 e. The number of aromatic nitrogens is 3.